The molecule has 3 heteroatoms. The first-order chi connectivity index (χ1) is 7.66. The summed E-state index contributed by atoms with van der Waals surface area (Å²) in [7, 11) is 0. The summed E-state index contributed by atoms with van der Waals surface area (Å²) in [5, 5.41) is 1.73. The lowest BCUT2D eigenvalue weighted by Gasteiger charge is -2.07. The fourth-order valence-corrected chi connectivity index (χ4v) is 2.50. The highest BCUT2D eigenvalue weighted by molar-refractivity contribution is 6.11. The van der Waals surface area contributed by atoms with Gasteiger partial charge in [0.15, 0.2) is 5.78 Å². The van der Waals surface area contributed by atoms with Crippen LogP contribution in [0.4, 0.5) is 0 Å². The third-order valence-corrected chi connectivity index (χ3v) is 3.26. The predicted octanol–water partition coefficient (Wildman–Crippen LogP) is 1.97. The van der Waals surface area contributed by atoms with Crippen LogP contribution < -0.4 is 5.56 Å². The lowest BCUT2D eigenvalue weighted by atomic mass is 9.98. The highest BCUT2D eigenvalue weighted by Gasteiger charge is 2.23. The maximum Gasteiger partial charge on any atom is 0.248 e. The van der Waals surface area contributed by atoms with Gasteiger partial charge in [-0.3, -0.25) is 9.59 Å². The summed E-state index contributed by atoms with van der Waals surface area (Å²) in [6.45, 7) is 2.02. The number of aromatic amines is 1. The van der Waals surface area contributed by atoms with E-state index in [2.05, 4.69) is 4.98 Å². The zero-order valence-corrected chi connectivity index (χ0v) is 8.96. The second kappa shape index (κ2) is 3.04. The second-order valence-corrected chi connectivity index (χ2v) is 4.27. The average molecular weight is 213 g/mol. The van der Waals surface area contributed by atoms with Crippen LogP contribution in [0.25, 0.3) is 10.8 Å². The Balaban J connectivity index is 2.54. The Bertz CT molecular complexity index is 667. The van der Waals surface area contributed by atoms with E-state index in [1.54, 1.807) is 6.20 Å². The van der Waals surface area contributed by atoms with Crippen LogP contribution in [0.15, 0.2) is 23.1 Å². The monoisotopic (exact) mass is 213 g/mol. The van der Waals surface area contributed by atoms with Crippen LogP contribution in [-0.2, 0) is 6.42 Å². The minimum absolute atomic E-state index is 0.154. The predicted molar refractivity (Wildman–Crippen MR) is 62.0 cm³/mol. The molecule has 0 radical (unpaired) electrons. The van der Waals surface area contributed by atoms with Crippen LogP contribution in [0.2, 0.25) is 0 Å². The van der Waals surface area contributed by atoms with Gasteiger partial charge < -0.3 is 4.98 Å². The Hall–Kier alpha value is -1.90. The lowest BCUT2D eigenvalue weighted by Crippen LogP contribution is -2.05. The van der Waals surface area contributed by atoms with Crippen LogP contribution in [0.3, 0.4) is 0 Å². The molecule has 0 amide bonds. The third-order valence-electron chi connectivity index (χ3n) is 3.26. The summed E-state index contributed by atoms with van der Waals surface area (Å²) < 4.78 is 0. The van der Waals surface area contributed by atoms with Crippen molar-refractivity contribution in [2.45, 2.75) is 19.8 Å². The largest absolute Gasteiger partial charge is 0.328 e. The van der Waals surface area contributed by atoms with Crippen molar-refractivity contribution in [2.24, 2.45) is 0 Å². The molecule has 0 atom stereocenters. The molecular weight excluding hydrogens is 202 g/mol. The van der Waals surface area contributed by atoms with Crippen LogP contribution in [0, 0.1) is 6.92 Å². The number of hydrogen-bond donors (Lipinski definition) is 1. The number of Topliss-reactive ketones (excluding diaryl/α,β-unsaturated/α-hetero) is 1. The van der Waals surface area contributed by atoms with E-state index in [1.165, 1.54) is 6.07 Å². The molecule has 1 aromatic heterocycles. The van der Waals surface area contributed by atoms with Crippen molar-refractivity contribution in [3.05, 3.63) is 45.4 Å². The van der Waals surface area contributed by atoms with Gasteiger partial charge in [0.1, 0.15) is 0 Å². The first-order valence-electron chi connectivity index (χ1n) is 5.35. The number of carbonyl (C=O) groups excluding carboxylic acids is 1. The van der Waals surface area contributed by atoms with Gasteiger partial charge in [-0.25, -0.2) is 0 Å². The van der Waals surface area contributed by atoms with E-state index in [0.717, 1.165) is 33.9 Å². The smallest absolute Gasteiger partial charge is 0.248 e. The van der Waals surface area contributed by atoms with Crippen LogP contribution in [-0.4, -0.2) is 10.8 Å². The highest BCUT2D eigenvalue weighted by Crippen LogP contribution is 2.31. The summed E-state index contributed by atoms with van der Waals surface area (Å²) >= 11 is 0. The minimum atomic E-state index is -0.154. The van der Waals surface area contributed by atoms with Gasteiger partial charge in [0.25, 0.3) is 0 Å². The SMILES string of the molecule is Cc1cc2c[nH]c(=O)cc2c2c1CCC2=O. The number of pyridine rings is 1. The molecule has 1 aliphatic rings. The summed E-state index contributed by atoms with van der Waals surface area (Å²) in [6, 6.07) is 3.56. The van der Waals surface area contributed by atoms with E-state index >= 15 is 0 Å². The molecular formula is C13H11NO2. The molecule has 1 aromatic carbocycles. The van der Waals surface area contributed by atoms with Gasteiger partial charge in [-0.2, -0.15) is 0 Å². The number of aromatic nitrogens is 1. The van der Waals surface area contributed by atoms with Gasteiger partial charge in [0.05, 0.1) is 0 Å². The topological polar surface area (TPSA) is 49.9 Å². The van der Waals surface area contributed by atoms with Gasteiger partial charge in [0, 0.05) is 24.2 Å². The molecule has 0 spiro atoms. The van der Waals surface area contributed by atoms with Gasteiger partial charge in [-0.05, 0) is 41.3 Å². The van der Waals surface area contributed by atoms with E-state index in [1.807, 2.05) is 13.0 Å². The number of nitrogens with one attached hydrogen (secondary N) is 1. The van der Waals surface area contributed by atoms with E-state index in [-0.39, 0.29) is 11.3 Å². The summed E-state index contributed by atoms with van der Waals surface area (Å²) in [5.74, 6) is 0.161. The van der Waals surface area contributed by atoms with Gasteiger partial charge in [0.2, 0.25) is 5.56 Å². The molecule has 80 valence electrons. The quantitative estimate of drug-likeness (QED) is 0.727. The zero-order chi connectivity index (χ0) is 11.3. The lowest BCUT2D eigenvalue weighted by molar-refractivity contribution is 0.0996. The van der Waals surface area contributed by atoms with E-state index in [4.69, 9.17) is 0 Å². The van der Waals surface area contributed by atoms with Gasteiger partial charge in [-0.1, -0.05) is 0 Å². The maximum absolute atomic E-state index is 11.8. The van der Waals surface area contributed by atoms with E-state index in [9.17, 15) is 9.59 Å². The van der Waals surface area contributed by atoms with Crippen molar-refractivity contribution in [2.75, 3.05) is 0 Å². The molecule has 3 rings (SSSR count). The summed E-state index contributed by atoms with van der Waals surface area (Å²) in [4.78, 5) is 25.8. The Morgan fingerprint density at radius 2 is 2.00 bits per heavy atom. The molecule has 1 heterocycles. The van der Waals surface area contributed by atoms with Gasteiger partial charge >= 0.3 is 0 Å². The number of benzene rings is 1. The molecule has 0 unspecified atom stereocenters. The number of fused-ring (bicyclic) bond motifs is 3. The third kappa shape index (κ3) is 1.14. The first-order valence-corrected chi connectivity index (χ1v) is 5.35. The summed E-state index contributed by atoms with van der Waals surface area (Å²) in [5.41, 5.74) is 2.86. The number of rotatable bonds is 0. The number of carbonyl (C=O) groups is 1. The maximum atomic E-state index is 11.8. The average Bonchev–Trinajstić information content (AvgIpc) is 2.63. The molecule has 0 saturated heterocycles. The van der Waals surface area contributed by atoms with Crippen molar-refractivity contribution < 1.29 is 4.79 Å². The molecule has 3 nitrogen and oxygen atoms in total. The van der Waals surface area contributed by atoms with Crippen LogP contribution in [0.1, 0.15) is 27.9 Å². The Kier molecular flexibility index (Phi) is 1.78. The van der Waals surface area contributed by atoms with Crippen molar-refractivity contribution in [3.63, 3.8) is 0 Å². The molecule has 16 heavy (non-hydrogen) atoms. The highest BCUT2D eigenvalue weighted by atomic mass is 16.1. The summed E-state index contributed by atoms with van der Waals surface area (Å²) in [6.07, 6.45) is 3.06. The Morgan fingerprint density at radius 3 is 2.81 bits per heavy atom. The normalized spacial score (nSPS) is 14.4. The number of H-pyrrole nitrogens is 1. The van der Waals surface area contributed by atoms with Crippen molar-refractivity contribution in [1.29, 1.82) is 0 Å². The molecule has 2 aromatic rings. The van der Waals surface area contributed by atoms with Crippen molar-refractivity contribution in [3.8, 4) is 0 Å². The van der Waals surface area contributed by atoms with E-state index in [0.29, 0.717) is 6.42 Å². The fraction of sp³-hybridized carbons (Fsp3) is 0.231. The zero-order valence-electron chi connectivity index (χ0n) is 8.96. The van der Waals surface area contributed by atoms with Gasteiger partial charge in [-0.15, -0.1) is 0 Å². The number of hydrogen-bond acceptors (Lipinski definition) is 2. The second-order valence-electron chi connectivity index (χ2n) is 4.27. The van der Waals surface area contributed by atoms with Crippen molar-refractivity contribution >= 4 is 16.6 Å². The first kappa shape index (κ1) is 9.33. The molecule has 1 aliphatic carbocycles. The van der Waals surface area contributed by atoms with Crippen LogP contribution >= 0.6 is 0 Å². The molecule has 0 aliphatic heterocycles. The van der Waals surface area contributed by atoms with Crippen LogP contribution in [0.5, 0.6) is 0 Å². The Morgan fingerprint density at radius 1 is 1.19 bits per heavy atom. The number of aryl methyl sites for hydroxylation is 1. The molecule has 0 saturated carbocycles. The molecule has 0 fully saturated rings. The standard InChI is InChI=1S/C13H11NO2/c1-7-4-8-6-14-12(16)5-10(8)13-9(7)2-3-11(13)15/h4-6H,2-3H2,1H3,(H,14,16). The minimum Gasteiger partial charge on any atom is -0.328 e. The fourth-order valence-electron chi connectivity index (χ4n) is 2.50. The van der Waals surface area contributed by atoms with Crippen molar-refractivity contribution in [1.82, 2.24) is 4.98 Å². The molecule has 0 bridgehead atoms. The Labute approximate surface area is 92.1 Å². The van der Waals surface area contributed by atoms with E-state index < -0.39 is 0 Å². The number of ketones is 1. The molecule has 1 N–H and O–H groups in total.